The summed E-state index contributed by atoms with van der Waals surface area (Å²) in [5.41, 5.74) is 1.59. The Morgan fingerprint density at radius 1 is 0.903 bits per heavy atom. The molecule has 62 heavy (non-hydrogen) atoms. The first-order valence-corrected chi connectivity index (χ1v) is 20.4. The average Bonchev–Trinajstić information content (AvgIpc) is 3.95. The maximum atomic E-state index is 14.3. The van der Waals surface area contributed by atoms with Crippen LogP contribution in [0.2, 0.25) is 0 Å². The number of aromatic hydroxyl groups is 1. The minimum Gasteiger partial charge on any atom is -0.508 e. The van der Waals surface area contributed by atoms with Crippen molar-refractivity contribution in [3.63, 3.8) is 0 Å². The van der Waals surface area contributed by atoms with Crippen LogP contribution in [-0.4, -0.2) is 121 Å². The van der Waals surface area contributed by atoms with Crippen LogP contribution in [0.3, 0.4) is 0 Å². The molecule has 1 unspecified atom stereocenters. The number of aromatic nitrogens is 1. The molecule has 6 amide bonds. The Hall–Kier alpha value is -6.56. The number of hydrogen-bond acceptors (Lipinski definition) is 14. The normalized spacial score (nSPS) is 16.1. The third-order valence-electron chi connectivity index (χ3n) is 9.89. The Kier molecular flexibility index (Phi) is 14.3. The molecule has 0 radical (unpaired) electrons. The zero-order valence-electron chi connectivity index (χ0n) is 33.1. The number of phenolic OH excluding ortho intramolecular Hbond substituents is 1. The highest BCUT2D eigenvalue weighted by Crippen LogP contribution is 2.37. The summed E-state index contributed by atoms with van der Waals surface area (Å²) in [5.74, 6) is 1.74. The number of thiazole rings is 1. The van der Waals surface area contributed by atoms with Crippen molar-refractivity contribution in [2.75, 3.05) is 64.8 Å². The van der Waals surface area contributed by atoms with Crippen LogP contribution in [0.25, 0.3) is 0 Å². The first kappa shape index (κ1) is 43.5. The van der Waals surface area contributed by atoms with E-state index in [0.29, 0.717) is 55.5 Å². The van der Waals surface area contributed by atoms with Gasteiger partial charge in [0.2, 0.25) is 11.8 Å². The fraction of sp³-hybridized carbons (Fsp3) is 0.326. The first-order valence-electron chi connectivity index (χ1n) is 19.5. The van der Waals surface area contributed by atoms with E-state index < -0.39 is 53.3 Å². The van der Waals surface area contributed by atoms with Crippen LogP contribution in [0.15, 0.2) is 66.2 Å². The highest BCUT2D eigenvalue weighted by Gasteiger charge is 2.45. The number of carbonyl (C=O) groups is 6. The van der Waals surface area contributed by atoms with Gasteiger partial charge in [0.05, 0.1) is 62.9 Å². The molecule has 1 aromatic heterocycles. The monoisotopic (exact) mass is 869 g/mol. The number of amides is 6. The van der Waals surface area contributed by atoms with Crippen molar-refractivity contribution >= 4 is 51.9 Å². The molecule has 0 bridgehead atoms. The van der Waals surface area contributed by atoms with E-state index in [2.05, 4.69) is 27.5 Å². The second kappa shape index (κ2) is 20.3. The van der Waals surface area contributed by atoms with Gasteiger partial charge in [0.15, 0.2) is 5.13 Å². The fourth-order valence-electron chi connectivity index (χ4n) is 7.02. The first-order chi connectivity index (χ1) is 30.1. The summed E-state index contributed by atoms with van der Waals surface area (Å²) >= 11 is 1.18. The van der Waals surface area contributed by atoms with Crippen LogP contribution in [0, 0.1) is 17.7 Å². The summed E-state index contributed by atoms with van der Waals surface area (Å²) in [7, 11) is 0. The quantitative estimate of drug-likeness (QED) is 0.0703. The largest absolute Gasteiger partial charge is 0.508 e. The molecular weight excluding hydrogens is 830 g/mol. The molecule has 0 saturated carbocycles. The SMILES string of the molecule is O=C1CCC(N2C(=O)c3ccc(OCCOCCOCCOCCOCC#Cc4cccc5c4C(=O)N([C@@H](C(=O)Nc4nccs4)c4cc(F)ccc4O)C5)cc3C2=O)C(=O)N1. The number of hydrogen-bond donors (Lipinski definition) is 3. The van der Waals surface area contributed by atoms with E-state index in [1.807, 2.05) is 0 Å². The maximum Gasteiger partial charge on any atom is 0.262 e. The van der Waals surface area contributed by atoms with Crippen LogP contribution >= 0.6 is 11.3 Å². The lowest BCUT2D eigenvalue weighted by Crippen LogP contribution is -2.54. The molecule has 4 heterocycles. The molecule has 322 valence electrons. The number of benzene rings is 3. The molecule has 1 fully saturated rings. The van der Waals surface area contributed by atoms with Crippen molar-refractivity contribution < 1.29 is 61.9 Å². The molecular formula is C43H40FN5O12S. The Bertz CT molecular complexity index is 2420. The van der Waals surface area contributed by atoms with Gasteiger partial charge in [0, 0.05) is 35.7 Å². The van der Waals surface area contributed by atoms with E-state index >= 15 is 0 Å². The van der Waals surface area contributed by atoms with Gasteiger partial charge in [0.25, 0.3) is 23.6 Å². The zero-order valence-corrected chi connectivity index (χ0v) is 33.9. The number of anilines is 1. The molecule has 3 N–H and O–H groups in total. The molecule has 0 aliphatic carbocycles. The van der Waals surface area contributed by atoms with Crippen LogP contribution in [0.5, 0.6) is 11.5 Å². The van der Waals surface area contributed by atoms with Gasteiger partial charge < -0.3 is 33.7 Å². The molecule has 7 rings (SSSR count). The number of carbonyl (C=O) groups excluding carboxylic acids is 6. The zero-order chi connectivity index (χ0) is 43.6. The minimum absolute atomic E-state index is 0.0277. The van der Waals surface area contributed by atoms with Crippen molar-refractivity contribution in [1.29, 1.82) is 0 Å². The number of halogens is 1. The second-order valence-electron chi connectivity index (χ2n) is 13.9. The number of nitrogens with one attached hydrogen (secondary N) is 2. The van der Waals surface area contributed by atoms with E-state index in [4.69, 9.17) is 23.7 Å². The molecule has 19 heteroatoms. The van der Waals surface area contributed by atoms with Crippen molar-refractivity contribution in [3.8, 4) is 23.3 Å². The molecule has 3 aliphatic rings. The van der Waals surface area contributed by atoms with Crippen molar-refractivity contribution in [2.45, 2.75) is 31.5 Å². The summed E-state index contributed by atoms with van der Waals surface area (Å²) in [6, 6.07) is 10.5. The van der Waals surface area contributed by atoms with Gasteiger partial charge in [-0.05, 0) is 54.4 Å². The van der Waals surface area contributed by atoms with E-state index in [9.17, 15) is 38.3 Å². The number of fused-ring (bicyclic) bond motifs is 2. The third kappa shape index (κ3) is 10.1. The van der Waals surface area contributed by atoms with Crippen LogP contribution < -0.4 is 15.4 Å². The minimum atomic E-state index is -1.36. The number of nitrogens with zero attached hydrogens (tertiary/aromatic N) is 3. The number of imide groups is 2. The predicted molar refractivity (Wildman–Crippen MR) is 217 cm³/mol. The maximum absolute atomic E-state index is 14.3. The molecule has 2 atom stereocenters. The summed E-state index contributed by atoms with van der Waals surface area (Å²) in [4.78, 5) is 83.2. The van der Waals surface area contributed by atoms with Gasteiger partial charge in [-0.15, -0.1) is 11.3 Å². The molecule has 3 aromatic carbocycles. The second-order valence-corrected chi connectivity index (χ2v) is 14.8. The van der Waals surface area contributed by atoms with Gasteiger partial charge in [0.1, 0.15) is 42.6 Å². The molecule has 0 spiro atoms. The highest BCUT2D eigenvalue weighted by atomic mass is 32.1. The molecule has 1 saturated heterocycles. The van der Waals surface area contributed by atoms with Gasteiger partial charge in [-0.2, -0.15) is 0 Å². The Morgan fingerprint density at radius 2 is 1.63 bits per heavy atom. The molecule has 4 aromatic rings. The Labute approximate surface area is 358 Å². The lowest BCUT2D eigenvalue weighted by molar-refractivity contribution is -0.136. The predicted octanol–water partition coefficient (Wildman–Crippen LogP) is 3.22. The van der Waals surface area contributed by atoms with Crippen LogP contribution in [-0.2, 0) is 39.9 Å². The third-order valence-corrected chi connectivity index (χ3v) is 10.6. The van der Waals surface area contributed by atoms with E-state index in [1.54, 1.807) is 29.6 Å². The number of ether oxygens (including phenoxy) is 5. The van der Waals surface area contributed by atoms with E-state index in [1.165, 1.54) is 34.6 Å². The van der Waals surface area contributed by atoms with Crippen molar-refractivity contribution in [2.24, 2.45) is 0 Å². The van der Waals surface area contributed by atoms with Crippen molar-refractivity contribution in [3.05, 3.63) is 105 Å². The summed E-state index contributed by atoms with van der Waals surface area (Å²) < 4.78 is 42.2. The smallest absolute Gasteiger partial charge is 0.262 e. The lowest BCUT2D eigenvalue weighted by Gasteiger charge is -2.27. The van der Waals surface area contributed by atoms with E-state index in [-0.39, 0.29) is 73.4 Å². The van der Waals surface area contributed by atoms with E-state index in [0.717, 1.165) is 23.1 Å². The molecule has 3 aliphatic heterocycles. The van der Waals surface area contributed by atoms with Gasteiger partial charge in [-0.1, -0.05) is 24.0 Å². The van der Waals surface area contributed by atoms with Crippen molar-refractivity contribution in [1.82, 2.24) is 20.1 Å². The van der Waals surface area contributed by atoms with Gasteiger partial charge in [-0.3, -0.25) is 44.3 Å². The fourth-order valence-corrected chi connectivity index (χ4v) is 7.55. The van der Waals surface area contributed by atoms with Crippen LogP contribution in [0.4, 0.5) is 9.52 Å². The topological polar surface area (TPSA) is 212 Å². The molecule has 17 nitrogen and oxygen atoms in total. The van der Waals surface area contributed by atoms with Gasteiger partial charge >= 0.3 is 0 Å². The summed E-state index contributed by atoms with van der Waals surface area (Å²) in [6.45, 7) is 2.33. The van der Waals surface area contributed by atoms with Crippen LogP contribution in [0.1, 0.15) is 66.6 Å². The standard InChI is InChI=1S/C43H40FN5O12S/c44-28-6-10-34(50)32(23-28)37(39(53)47-43-45-12-22-62-43)48-25-27-4-1-3-26(36(27)42(48)56)5-2-13-57-14-15-58-16-17-59-18-19-60-20-21-61-29-7-8-30-31(24-29)41(55)49(40(30)54)33-9-11-35(51)46-38(33)52/h1,3-4,6-8,10,12,22-24,33,37,50H,9,11,13-21,25H2,(H,45,47,53)(H,46,51,52)/t33?,37-/m1/s1. The summed E-state index contributed by atoms with van der Waals surface area (Å²) in [6.07, 6.45) is 1.62. The average molecular weight is 870 g/mol. The lowest BCUT2D eigenvalue weighted by atomic mass is 10.0. The number of piperidine rings is 1. The van der Waals surface area contributed by atoms with Gasteiger partial charge in [-0.25, -0.2) is 9.37 Å². The Morgan fingerprint density at radius 3 is 2.35 bits per heavy atom. The summed E-state index contributed by atoms with van der Waals surface area (Å²) in [5, 5.41) is 17.4. The highest BCUT2D eigenvalue weighted by molar-refractivity contribution is 7.13. The number of rotatable bonds is 19. The number of phenols is 1. The Balaban J connectivity index is 0.764.